The second kappa shape index (κ2) is 8.33. The number of phenolic OH excluding ortho intramolecular Hbond substituents is 1. The third-order valence-electron chi connectivity index (χ3n) is 4.87. The van der Waals surface area contributed by atoms with Crippen molar-refractivity contribution in [2.24, 2.45) is 0 Å². The van der Waals surface area contributed by atoms with E-state index >= 15 is 0 Å². The topological polar surface area (TPSA) is 93.2 Å². The Labute approximate surface area is 151 Å². The van der Waals surface area contributed by atoms with Crippen LogP contribution >= 0.6 is 0 Å². The second-order valence-corrected chi connectivity index (χ2v) is 6.64. The highest BCUT2D eigenvalue weighted by molar-refractivity contribution is 5.82. The van der Waals surface area contributed by atoms with E-state index in [1.807, 2.05) is 6.92 Å². The molecule has 7 heteroatoms. The summed E-state index contributed by atoms with van der Waals surface area (Å²) in [5, 5.41) is 13.2. The van der Waals surface area contributed by atoms with E-state index in [4.69, 9.17) is 9.15 Å². The lowest BCUT2D eigenvalue weighted by Crippen LogP contribution is -3.14. The number of ether oxygens (including phenoxy) is 1. The largest absolute Gasteiger partial charge is 0.508 e. The molecule has 0 spiro atoms. The Morgan fingerprint density at radius 1 is 1.31 bits per heavy atom. The number of benzene rings is 1. The zero-order valence-corrected chi connectivity index (χ0v) is 15.0. The van der Waals surface area contributed by atoms with E-state index in [0.717, 1.165) is 43.8 Å². The third kappa shape index (κ3) is 4.42. The van der Waals surface area contributed by atoms with Gasteiger partial charge >= 0.3 is 5.63 Å². The number of amides is 1. The van der Waals surface area contributed by atoms with Gasteiger partial charge in [0.1, 0.15) is 24.4 Å². The van der Waals surface area contributed by atoms with Crippen molar-refractivity contribution >= 4 is 16.9 Å². The molecule has 1 saturated heterocycles. The van der Waals surface area contributed by atoms with E-state index in [2.05, 4.69) is 5.32 Å². The summed E-state index contributed by atoms with van der Waals surface area (Å²) in [5.41, 5.74) is 1.21. The quantitative estimate of drug-likeness (QED) is 0.618. The summed E-state index contributed by atoms with van der Waals surface area (Å²) >= 11 is 0. The maximum absolute atomic E-state index is 12.2. The monoisotopic (exact) mass is 361 g/mol. The summed E-state index contributed by atoms with van der Waals surface area (Å²) in [6, 6.07) is 4.70. The van der Waals surface area contributed by atoms with E-state index < -0.39 is 5.63 Å². The molecular weight excluding hydrogens is 336 g/mol. The van der Waals surface area contributed by atoms with Gasteiger partial charge in [0.25, 0.3) is 0 Å². The summed E-state index contributed by atoms with van der Waals surface area (Å²) in [4.78, 5) is 25.7. The number of hydrogen-bond acceptors (Lipinski definition) is 5. The molecule has 3 N–H and O–H groups in total. The number of quaternary nitrogens is 1. The SMILES string of the molecule is Cc1c(CCC(=O)NCC[NH+]2CCOCC2)c(=O)oc2cc(O)ccc12. The second-order valence-electron chi connectivity index (χ2n) is 6.64. The van der Waals surface area contributed by atoms with Gasteiger partial charge in [-0.25, -0.2) is 4.79 Å². The highest BCUT2D eigenvalue weighted by atomic mass is 16.5. The van der Waals surface area contributed by atoms with Crippen molar-refractivity contribution in [3.63, 3.8) is 0 Å². The van der Waals surface area contributed by atoms with Gasteiger partial charge in [-0.1, -0.05) is 0 Å². The van der Waals surface area contributed by atoms with Crippen LogP contribution in [0.1, 0.15) is 17.5 Å². The van der Waals surface area contributed by atoms with E-state index in [1.165, 1.54) is 11.0 Å². The summed E-state index contributed by atoms with van der Waals surface area (Å²) < 4.78 is 10.6. The number of rotatable bonds is 6. The first kappa shape index (κ1) is 18.4. The number of morpholine rings is 1. The number of hydrogen-bond donors (Lipinski definition) is 3. The predicted octanol–water partition coefficient (Wildman–Crippen LogP) is -0.229. The average Bonchev–Trinajstić information content (AvgIpc) is 2.62. The van der Waals surface area contributed by atoms with Gasteiger partial charge in [0.05, 0.1) is 26.3 Å². The Balaban J connectivity index is 1.56. The number of phenols is 1. The molecule has 1 aromatic heterocycles. The van der Waals surface area contributed by atoms with E-state index in [1.54, 1.807) is 12.1 Å². The van der Waals surface area contributed by atoms with E-state index in [0.29, 0.717) is 24.1 Å². The molecule has 0 saturated carbocycles. The lowest BCUT2D eigenvalue weighted by molar-refractivity contribution is -0.906. The van der Waals surface area contributed by atoms with Crippen LogP contribution in [0.3, 0.4) is 0 Å². The molecule has 0 radical (unpaired) electrons. The molecule has 1 aromatic carbocycles. The molecule has 1 aliphatic heterocycles. The maximum atomic E-state index is 12.2. The molecule has 2 aromatic rings. The Bertz CT molecular complexity index is 840. The van der Waals surface area contributed by atoms with Gasteiger partial charge in [0.2, 0.25) is 5.91 Å². The molecule has 0 atom stereocenters. The fourth-order valence-corrected chi connectivity index (χ4v) is 3.29. The minimum atomic E-state index is -0.453. The number of fused-ring (bicyclic) bond motifs is 1. The number of carbonyl (C=O) groups is 1. The highest BCUT2D eigenvalue weighted by Gasteiger charge is 2.15. The molecule has 1 aliphatic rings. The van der Waals surface area contributed by atoms with Crippen molar-refractivity contribution in [3.8, 4) is 5.75 Å². The zero-order chi connectivity index (χ0) is 18.5. The van der Waals surface area contributed by atoms with Crippen LogP contribution in [0.5, 0.6) is 5.75 Å². The van der Waals surface area contributed by atoms with Crippen LogP contribution in [0.4, 0.5) is 0 Å². The van der Waals surface area contributed by atoms with Gasteiger partial charge in [-0.2, -0.15) is 0 Å². The molecule has 1 fully saturated rings. The van der Waals surface area contributed by atoms with Crippen molar-refractivity contribution in [1.29, 1.82) is 0 Å². The van der Waals surface area contributed by atoms with Crippen LogP contribution in [-0.2, 0) is 16.0 Å². The van der Waals surface area contributed by atoms with Crippen LogP contribution in [0, 0.1) is 6.92 Å². The Hall–Kier alpha value is -2.38. The van der Waals surface area contributed by atoms with Gasteiger partial charge < -0.3 is 24.5 Å². The zero-order valence-electron chi connectivity index (χ0n) is 15.0. The van der Waals surface area contributed by atoms with Crippen molar-refractivity contribution < 1.29 is 24.0 Å². The van der Waals surface area contributed by atoms with Crippen LogP contribution in [0.25, 0.3) is 11.0 Å². The normalized spacial score (nSPS) is 15.3. The Morgan fingerprint density at radius 2 is 2.08 bits per heavy atom. The molecule has 1 amide bonds. The van der Waals surface area contributed by atoms with Crippen LogP contribution in [-0.4, -0.2) is 50.4 Å². The van der Waals surface area contributed by atoms with Gasteiger partial charge in [0.15, 0.2) is 0 Å². The van der Waals surface area contributed by atoms with Crippen molar-refractivity contribution in [2.75, 3.05) is 39.4 Å². The van der Waals surface area contributed by atoms with Gasteiger partial charge in [-0.3, -0.25) is 4.79 Å². The molecule has 26 heavy (non-hydrogen) atoms. The van der Waals surface area contributed by atoms with Gasteiger partial charge in [-0.05, 0) is 31.0 Å². The number of nitrogens with one attached hydrogen (secondary N) is 2. The Kier molecular flexibility index (Phi) is 5.90. The molecule has 0 bridgehead atoms. The molecule has 0 aliphatic carbocycles. The highest BCUT2D eigenvalue weighted by Crippen LogP contribution is 2.23. The van der Waals surface area contributed by atoms with Gasteiger partial charge in [-0.15, -0.1) is 0 Å². The summed E-state index contributed by atoms with van der Waals surface area (Å²) in [6.07, 6.45) is 0.578. The van der Waals surface area contributed by atoms with Crippen LogP contribution in [0.2, 0.25) is 0 Å². The first-order chi connectivity index (χ1) is 12.5. The minimum Gasteiger partial charge on any atom is -0.508 e. The average molecular weight is 361 g/mol. The Morgan fingerprint density at radius 3 is 2.85 bits per heavy atom. The van der Waals surface area contributed by atoms with E-state index in [-0.39, 0.29) is 18.1 Å². The van der Waals surface area contributed by atoms with Crippen LogP contribution in [0.15, 0.2) is 27.4 Å². The molecule has 140 valence electrons. The number of carbonyl (C=O) groups excluding carboxylic acids is 1. The van der Waals surface area contributed by atoms with Crippen molar-refractivity contribution in [2.45, 2.75) is 19.8 Å². The lowest BCUT2D eigenvalue weighted by Gasteiger charge is -2.23. The fourth-order valence-electron chi connectivity index (χ4n) is 3.29. The van der Waals surface area contributed by atoms with Crippen molar-refractivity contribution in [1.82, 2.24) is 5.32 Å². The summed E-state index contributed by atoms with van der Waals surface area (Å²) in [6.45, 7) is 6.85. The van der Waals surface area contributed by atoms with Crippen molar-refractivity contribution in [3.05, 3.63) is 39.7 Å². The van der Waals surface area contributed by atoms with Gasteiger partial charge in [0, 0.05) is 23.4 Å². The first-order valence-corrected chi connectivity index (χ1v) is 8.98. The molecule has 7 nitrogen and oxygen atoms in total. The molecule has 2 heterocycles. The standard InChI is InChI=1S/C19H24N2O5/c1-13-15-3-2-14(22)12-17(15)26-19(24)16(13)4-5-18(23)20-6-7-21-8-10-25-11-9-21/h2-3,12,22H,4-11H2,1H3,(H,20,23)/p+1. The van der Waals surface area contributed by atoms with E-state index in [9.17, 15) is 14.7 Å². The first-order valence-electron chi connectivity index (χ1n) is 8.98. The summed E-state index contributed by atoms with van der Waals surface area (Å²) in [7, 11) is 0. The molecule has 0 unspecified atom stereocenters. The third-order valence-corrected chi connectivity index (χ3v) is 4.87. The predicted molar refractivity (Wildman–Crippen MR) is 96.6 cm³/mol. The van der Waals surface area contributed by atoms with Crippen LogP contribution < -0.4 is 15.8 Å². The maximum Gasteiger partial charge on any atom is 0.339 e. The minimum absolute atomic E-state index is 0.0505. The number of aromatic hydroxyl groups is 1. The molecule has 3 rings (SSSR count). The molecular formula is C19H25N2O5+. The number of aryl methyl sites for hydroxylation is 1. The summed E-state index contributed by atoms with van der Waals surface area (Å²) in [5.74, 6) is -0.0168. The lowest BCUT2D eigenvalue weighted by atomic mass is 10.0. The fraction of sp³-hybridized carbons (Fsp3) is 0.474. The smallest absolute Gasteiger partial charge is 0.339 e.